The van der Waals surface area contributed by atoms with Crippen molar-refractivity contribution in [3.05, 3.63) is 24.3 Å². The van der Waals surface area contributed by atoms with E-state index in [1.807, 2.05) is 12.1 Å². The summed E-state index contributed by atoms with van der Waals surface area (Å²) in [5.74, 6) is 0.331. The van der Waals surface area contributed by atoms with Crippen LogP contribution in [0.2, 0.25) is 0 Å². The highest BCUT2D eigenvalue weighted by molar-refractivity contribution is 7.10. The van der Waals surface area contributed by atoms with E-state index >= 15 is 0 Å². The lowest BCUT2D eigenvalue weighted by Gasteiger charge is -1.98. The molecule has 1 aromatic carbocycles. The molecule has 0 spiro atoms. The number of nitrogens with zero attached hydrogens (tertiary/aromatic N) is 4. The molecule has 2 rings (SSSR count). The molecule has 9 heteroatoms. The Morgan fingerprint density at radius 1 is 1.55 bits per heavy atom. The van der Waals surface area contributed by atoms with Gasteiger partial charge in [0.2, 0.25) is 5.13 Å². The molecule has 1 aromatic heterocycles. The Labute approximate surface area is 118 Å². The van der Waals surface area contributed by atoms with E-state index in [2.05, 4.69) is 25.0 Å². The molecule has 0 unspecified atom stereocenters. The van der Waals surface area contributed by atoms with Crippen molar-refractivity contribution in [2.24, 2.45) is 10.7 Å². The Kier molecular flexibility index (Phi) is 4.21. The number of hydrogen-bond donors (Lipinski definition) is 4. The molecule has 0 amide bonds. The Morgan fingerprint density at radius 3 is 3.15 bits per heavy atom. The number of anilines is 1. The van der Waals surface area contributed by atoms with Crippen LogP contribution < -0.4 is 16.4 Å². The lowest BCUT2D eigenvalue weighted by molar-refractivity contribution is 1.28. The van der Waals surface area contributed by atoms with Gasteiger partial charge in [-0.2, -0.15) is 14.6 Å². The molecule has 0 saturated carbocycles. The number of aromatic nitrogens is 2. The number of hydrogen-bond acceptors (Lipinski definition) is 6. The molecule has 0 aliphatic heterocycles. The predicted octanol–water partition coefficient (Wildman–Crippen LogP) is 1.24. The van der Waals surface area contributed by atoms with Gasteiger partial charge in [0.05, 0.1) is 5.69 Å². The Balaban J connectivity index is 2.20. The summed E-state index contributed by atoms with van der Waals surface area (Å²) in [6, 6.07) is 7.24. The van der Waals surface area contributed by atoms with Gasteiger partial charge in [-0.3, -0.25) is 10.7 Å². The number of nitrogens with two attached hydrogens (primary N) is 1. The summed E-state index contributed by atoms with van der Waals surface area (Å²) in [6.07, 6.45) is 3.05. The third-order valence-electron chi connectivity index (χ3n) is 2.11. The summed E-state index contributed by atoms with van der Waals surface area (Å²) >= 11 is 1.11. The largest absolute Gasteiger partial charge is 0.370 e. The maximum atomic E-state index is 8.35. The highest BCUT2D eigenvalue weighted by atomic mass is 32.1. The second kappa shape index (κ2) is 6.26. The first-order chi connectivity index (χ1) is 9.69. The molecule has 20 heavy (non-hydrogen) atoms. The second-order valence-corrected chi connectivity index (χ2v) is 4.28. The minimum atomic E-state index is -0.186. The van der Waals surface area contributed by atoms with Crippen LogP contribution in [0.15, 0.2) is 29.3 Å². The summed E-state index contributed by atoms with van der Waals surface area (Å²) in [6.45, 7) is 0. The normalized spacial score (nSPS) is 10.2. The van der Waals surface area contributed by atoms with Crippen LogP contribution in [-0.4, -0.2) is 21.7 Å². The van der Waals surface area contributed by atoms with Gasteiger partial charge in [-0.15, -0.1) is 0 Å². The van der Waals surface area contributed by atoms with Gasteiger partial charge >= 0.3 is 0 Å². The number of nitrogens with one attached hydrogen (secondary N) is 3. The summed E-state index contributed by atoms with van der Waals surface area (Å²) in [5, 5.41) is 20.8. The average Bonchev–Trinajstić information content (AvgIpc) is 2.87. The van der Waals surface area contributed by atoms with Gasteiger partial charge < -0.3 is 11.1 Å². The molecule has 5 N–H and O–H groups in total. The molecular weight excluding hydrogens is 276 g/mol. The van der Waals surface area contributed by atoms with Crippen LogP contribution in [0.25, 0.3) is 11.4 Å². The fraction of sp³-hybridized carbons (Fsp3) is 0. The van der Waals surface area contributed by atoms with Crippen LogP contribution in [0.5, 0.6) is 0 Å². The molecule has 100 valence electrons. The smallest absolute Gasteiger partial charge is 0.209 e. The Bertz CT molecular complexity index is 684. The van der Waals surface area contributed by atoms with E-state index in [1.54, 1.807) is 18.3 Å². The standard InChI is InChI=1S/C11H10N8S/c12-5-15-6-16-8-3-1-2-7(4-8)9-17-11(20-19-9)18-10(13)14/h1-4,6H,(H,15,16)(H4,13,14,17,18,19). The average molecular weight is 286 g/mol. The lowest BCUT2D eigenvalue weighted by atomic mass is 10.2. The molecule has 0 radical (unpaired) electrons. The van der Waals surface area contributed by atoms with Crippen molar-refractivity contribution >= 4 is 34.6 Å². The first-order valence-electron chi connectivity index (χ1n) is 5.41. The van der Waals surface area contributed by atoms with E-state index < -0.39 is 0 Å². The number of nitriles is 1. The van der Waals surface area contributed by atoms with Crippen LogP contribution >= 0.6 is 11.5 Å². The van der Waals surface area contributed by atoms with E-state index in [-0.39, 0.29) is 5.96 Å². The highest BCUT2D eigenvalue weighted by Gasteiger charge is 2.07. The van der Waals surface area contributed by atoms with Crippen molar-refractivity contribution in [2.75, 3.05) is 5.32 Å². The summed E-state index contributed by atoms with van der Waals surface area (Å²) < 4.78 is 4.17. The third-order valence-corrected chi connectivity index (χ3v) is 2.75. The van der Waals surface area contributed by atoms with Crippen molar-refractivity contribution in [3.63, 3.8) is 0 Å². The molecule has 2 aromatic rings. The molecule has 1 heterocycles. The number of rotatable bonds is 4. The summed E-state index contributed by atoms with van der Waals surface area (Å²) in [4.78, 5) is 8.27. The van der Waals surface area contributed by atoms with Crippen molar-refractivity contribution in [1.82, 2.24) is 14.7 Å². The van der Waals surface area contributed by atoms with Gasteiger partial charge in [-0.05, 0) is 12.1 Å². The summed E-state index contributed by atoms with van der Waals surface area (Å²) in [7, 11) is 0. The van der Waals surface area contributed by atoms with Gasteiger partial charge in [0.25, 0.3) is 0 Å². The van der Waals surface area contributed by atoms with Crippen LogP contribution in [0, 0.1) is 16.9 Å². The van der Waals surface area contributed by atoms with Crippen LogP contribution in [0.1, 0.15) is 0 Å². The van der Waals surface area contributed by atoms with Crippen molar-refractivity contribution in [2.45, 2.75) is 0 Å². The van der Waals surface area contributed by atoms with E-state index in [4.69, 9.17) is 16.4 Å². The number of benzene rings is 1. The SMILES string of the molecule is N#CN/C=N/c1cccc(-c2nsc(NC(=N)N)n2)c1. The lowest BCUT2D eigenvalue weighted by Crippen LogP contribution is -2.20. The van der Waals surface area contributed by atoms with Crippen molar-refractivity contribution in [1.29, 1.82) is 10.7 Å². The number of aliphatic imine (C=N–C) groups is 1. The molecule has 0 bridgehead atoms. The van der Waals surface area contributed by atoms with Gasteiger partial charge in [0.15, 0.2) is 18.0 Å². The molecular formula is C11H10N8S. The van der Waals surface area contributed by atoms with Crippen molar-refractivity contribution < 1.29 is 0 Å². The zero-order valence-electron chi connectivity index (χ0n) is 10.2. The maximum absolute atomic E-state index is 8.35. The Morgan fingerprint density at radius 2 is 2.40 bits per heavy atom. The second-order valence-electron chi connectivity index (χ2n) is 3.53. The first-order valence-corrected chi connectivity index (χ1v) is 6.19. The van der Waals surface area contributed by atoms with Crippen LogP contribution in [-0.2, 0) is 0 Å². The number of guanidine groups is 1. The molecule has 0 atom stereocenters. The molecule has 8 nitrogen and oxygen atoms in total. The van der Waals surface area contributed by atoms with E-state index in [9.17, 15) is 0 Å². The van der Waals surface area contributed by atoms with E-state index in [0.717, 1.165) is 17.1 Å². The highest BCUT2D eigenvalue weighted by Crippen LogP contribution is 2.24. The topological polar surface area (TPSA) is 136 Å². The van der Waals surface area contributed by atoms with Gasteiger partial charge in [-0.25, -0.2) is 4.99 Å². The van der Waals surface area contributed by atoms with Gasteiger partial charge in [-0.1, -0.05) is 12.1 Å². The minimum Gasteiger partial charge on any atom is -0.370 e. The molecule has 0 saturated heterocycles. The Hall–Kier alpha value is -2.99. The molecule has 0 aliphatic rings. The van der Waals surface area contributed by atoms with Gasteiger partial charge in [0.1, 0.15) is 6.34 Å². The predicted molar refractivity (Wildman–Crippen MR) is 77.8 cm³/mol. The van der Waals surface area contributed by atoms with Crippen molar-refractivity contribution in [3.8, 4) is 17.6 Å². The zero-order valence-corrected chi connectivity index (χ0v) is 11.0. The van der Waals surface area contributed by atoms with E-state index in [0.29, 0.717) is 16.6 Å². The van der Waals surface area contributed by atoms with Crippen LogP contribution in [0.3, 0.4) is 0 Å². The maximum Gasteiger partial charge on any atom is 0.209 e. The van der Waals surface area contributed by atoms with E-state index in [1.165, 1.54) is 6.34 Å². The van der Waals surface area contributed by atoms with Crippen LogP contribution in [0.4, 0.5) is 10.8 Å². The fourth-order valence-electron chi connectivity index (χ4n) is 1.37. The third kappa shape index (κ3) is 3.50. The molecule has 0 fully saturated rings. The summed E-state index contributed by atoms with van der Waals surface area (Å²) in [5.41, 5.74) is 6.67. The molecule has 0 aliphatic carbocycles. The zero-order chi connectivity index (χ0) is 14.4. The van der Waals surface area contributed by atoms with Gasteiger partial charge in [0, 0.05) is 17.1 Å². The first kappa shape index (κ1) is 13.4. The monoisotopic (exact) mass is 286 g/mol. The quantitative estimate of drug-likeness (QED) is 0.289. The minimum absolute atomic E-state index is 0.186. The fourth-order valence-corrected chi connectivity index (χ4v) is 1.97.